The molecule has 3 heteroatoms. The molecule has 2 aliphatic rings. The van der Waals surface area contributed by atoms with Gasteiger partial charge in [0, 0.05) is 18.5 Å². The molecule has 1 aliphatic heterocycles. The van der Waals surface area contributed by atoms with Gasteiger partial charge in [-0.05, 0) is 37.3 Å². The molecule has 2 aromatic carbocycles. The van der Waals surface area contributed by atoms with Gasteiger partial charge in [0.1, 0.15) is 0 Å². The number of benzene rings is 2. The van der Waals surface area contributed by atoms with E-state index in [-0.39, 0.29) is 18.0 Å². The predicted molar refractivity (Wildman–Crippen MR) is 101 cm³/mol. The van der Waals surface area contributed by atoms with Crippen molar-refractivity contribution in [2.45, 2.75) is 49.9 Å². The molecule has 24 heavy (non-hydrogen) atoms. The topological polar surface area (TPSA) is 21.3 Å². The molecule has 0 amide bonds. The monoisotopic (exact) mass is 343 g/mol. The van der Waals surface area contributed by atoms with Crippen LogP contribution in [-0.2, 0) is 4.74 Å². The highest BCUT2D eigenvalue weighted by atomic mass is 35.5. The molecule has 2 unspecified atom stereocenters. The van der Waals surface area contributed by atoms with Gasteiger partial charge in [-0.15, -0.1) is 12.4 Å². The van der Waals surface area contributed by atoms with E-state index in [9.17, 15) is 0 Å². The Kier molecular flexibility index (Phi) is 5.29. The molecule has 0 bridgehead atoms. The number of hydrogen-bond acceptors (Lipinski definition) is 2. The highest BCUT2D eigenvalue weighted by Crippen LogP contribution is 2.41. The van der Waals surface area contributed by atoms with Crippen LogP contribution in [0.1, 0.15) is 43.2 Å². The van der Waals surface area contributed by atoms with Crippen LogP contribution in [0.3, 0.4) is 0 Å². The van der Waals surface area contributed by atoms with Crippen molar-refractivity contribution in [2.75, 3.05) is 6.54 Å². The highest BCUT2D eigenvalue weighted by molar-refractivity contribution is 5.85. The summed E-state index contributed by atoms with van der Waals surface area (Å²) in [5, 5.41) is 3.66. The molecule has 2 atom stereocenters. The van der Waals surface area contributed by atoms with Crippen molar-refractivity contribution in [2.24, 2.45) is 0 Å². The van der Waals surface area contributed by atoms with Crippen LogP contribution in [0.15, 0.2) is 60.7 Å². The summed E-state index contributed by atoms with van der Waals surface area (Å²) in [6.07, 6.45) is 4.24. The van der Waals surface area contributed by atoms with Crippen molar-refractivity contribution in [1.29, 1.82) is 0 Å². The van der Waals surface area contributed by atoms with Crippen molar-refractivity contribution in [1.82, 2.24) is 5.32 Å². The van der Waals surface area contributed by atoms with E-state index in [1.165, 1.54) is 30.4 Å². The van der Waals surface area contributed by atoms with Gasteiger partial charge in [-0.3, -0.25) is 0 Å². The van der Waals surface area contributed by atoms with Crippen LogP contribution in [0.25, 0.3) is 0 Å². The van der Waals surface area contributed by atoms with Crippen LogP contribution >= 0.6 is 12.4 Å². The van der Waals surface area contributed by atoms with Gasteiger partial charge in [0.15, 0.2) is 0 Å². The average Bonchev–Trinajstić information content (AvgIpc) is 2.56. The first-order chi connectivity index (χ1) is 11.3. The van der Waals surface area contributed by atoms with Gasteiger partial charge in [-0.25, -0.2) is 0 Å². The Balaban J connectivity index is 0.00000169. The standard InChI is InChI=1S/C21H25NO.ClH/c1-21(23-18-13-8-14-18)15-22-20(21)19(16-9-4-2-5-10-16)17-11-6-3-7-12-17;/h2-7,9-12,18-20,22H,8,13-15H2,1H3;1H. The van der Waals surface area contributed by atoms with Gasteiger partial charge in [0.2, 0.25) is 0 Å². The lowest BCUT2D eigenvalue weighted by Crippen LogP contribution is -2.70. The maximum absolute atomic E-state index is 6.48. The molecule has 0 spiro atoms. The lowest BCUT2D eigenvalue weighted by atomic mass is 9.72. The third-order valence-corrected chi connectivity index (χ3v) is 5.47. The van der Waals surface area contributed by atoms with Crippen LogP contribution in [0.2, 0.25) is 0 Å². The highest BCUT2D eigenvalue weighted by Gasteiger charge is 2.50. The normalized spacial score (nSPS) is 26.3. The number of hydrogen-bond donors (Lipinski definition) is 1. The van der Waals surface area contributed by atoms with Gasteiger partial charge in [0.25, 0.3) is 0 Å². The maximum atomic E-state index is 6.48. The lowest BCUT2D eigenvalue weighted by Gasteiger charge is -2.53. The molecule has 128 valence electrons. The first-order valence-electron chi connectivity index (χ1n) is 8.77. The van der Waals surface area contributed by atoms with E-state index >= 15 is 0 Å². The first kappa shape index (κ1) is 17.5. The Morgan fingerprint density at radius 1 is 0.958 bits per heavy atom. The molecule has 2 aromatic rings. The second-order valence-corrected chi connectivity index (χ2v) is 7.14. The fourth-order valence-corrected chi connectivity index (χ4v) is 3.86. The zero-order valence-corrected chi connectivity index (χ0v) is 15.0. The molecule has 1 aliphatic carbocycles. The summed E-state index contributed by atoms with van der Waals surface area (Å²) in [4.78, 5) is 0. The second-order valence-electron chi connectivity index (χ2n) is 7.14. The van der Waals surface area contributed by atoms with Gasteiger partial charge in [-0.1, -0.05) is 60.7 Å². The molecule has 1 heterocycles. The SMILES string of the molecule is CC1(OC2CCC2)CNC1C(c1ccccc1)c1ccccc1.Cl. The summed E-state index contributed by atoms with van der Waals surface area (Å²) >= 11 is 0. The van der Waals surface area contributed by atoms with E-state index in [0.717, 1.165) is 6.54 Å². The van der Waals surface area contributed by atoms with E-state index in [1.807, 2.05) is 0 Å². The lowest BCUT2D eigenvalue weighted by molar-refractivity contribution is -0.164. The molecule has 0 radical (unpaired) electrons. The van der Waals surface area contributed by atoms with Crippen molar-refractivity contribution < 1.29 is 4.74 Å². The number of ether oxygens (including phenoxy) is 1. The summed E-state index contributed by atoms with van der Waals surface area (Å²) in [5.41, 5.74) is 2.65. The summed E-state index contributed by atoms with van der Waals surface area (Å²) in [6.45, 7) is 3.23. The third kappa shape index (κ3) is 3.23. The minimum absolute atomic E-state index is 0. The second kappa shape index (κ2) is 7.26. The molecular formula is C21H26ClNO. The minimum Gasteiger partial charge on any atom is -0.369 e. The fraction of sp³-hybridized carbons (Fsp3) is 0.429. The predicted octanol–water partition coefficient (Wildman–Crippen LogP) is 4.54. The van der Waals surface area contributed by atoms with E-state index in [0.29, 0.717) is 18.1 Å². The molecule has 1 N–H and O–H groups in total. The Morgan fingerprint density at radius 3 is 1.88 bits per heavy atom. The molecular weight excluding hydrogens is 318 g/mol. The third-order valence-electron chi connectivity index (χ3n) is 5.47. The molecule has 2 fully saturated rings. The fourth-order valence-electron chi connectivity index (χ4n) is 3.86. The van der Waals surface area contributed by atoms with Gasteiger partial charge in [0.05, 0.1) is 11.7 Å². The number of halogens is 1. The number of rotatable bonds is 5. The van der Waals surface area contributed by atoms with E-state index < -0.39 is 0 Å². The molecule has 1 saturated carbocycles. The van der Waals surface area contributed by atoms with Crippen LogP contribution in [-0.4, -0.2) is 24.3 Å². The summed E-state index contributed by atoms with van der Waals surface area (Å²) in [6, 6.07) is 22.0. The van der Waals surface area contributed by atoms with Crippen LogP contribution in [0.4, 0.5) is 0 Å². The minimum atomic E-state index is -0.0680. The van der Waals surface area contributed by atoms with E-state index in [4.69, 9.17) is 4.74 Å². The smallest absolute Gasteiger partial charge is 0.0943 e. The van der Waals surface area contributed by atoms with Crippen molar-refractivity contribution >= 4 is 12.4 Å². The molecule has 1 saturated heterocycles. The number of nitrogens with one attached hydrogen (secondary N) is 1. The average molecular weight is 344 g/mol. The van der Waals surface area contributed by atoms with E-state index in [2.05, 4.69) is 72.9 Å². The largest absolute Gasteiger partial charge is 0.369 e. The Bertz CT molecular complexity index is 604. The van der Waals surface area contributed by atoms with Gasteiger partial charge < -0.3 is 10.1 Å². The zero-order valence-electron chi connectivity index (χ0n) is 14.2. The Morgan fingerprint density at radius 2 is 1.50 bits per heavy atom. The first-order valence-corrected chi connectivity index (χ1v) is 8.77. The maximum Gasteiger partial charge on any atom is 0.0943 e. The summed E-state index contributed by atoms with van der Waals surface area (Å²) in [5.74, 6) is 0.330. The Hall–Kier alpha value is -1.35. The molecule has 4 rings (SSSR count). The van der Waals surface area contributed by atoms with Crippen LogP contribution < -0.4 is 5.32 Å². The molecule has 0 aromatic heterocycles. The Labute approximate surface area is 151 Å². The van der Waals surface area contributed by atoms with Gasteiger partial charge in [-0.2, -0.15) is 0 Å². The van der Waals surface area contributed by atoms with Crippen LogP contribution in [0, 0.1) is 0 Å². The van der Waals surface area contributed by atoms with Crippen molar-refractivity contribution in [3.63, 3.8) is 0 Å². The van der Waals surface area contributed by atoms with E-state index in [1.54, 1.807) is 0 Å². The quantitative estimate of drug-likeness (QED) is 0.860. The van der Waals surface area contributed by atoms with Crippen molar-refractivity contribution in [3.05, 3.63) is 71.8 Å². The zero-order chi connectivity index (χ0) is 15.7. The van der Waals surface area contributed by atoms with Gasteiger partial charge >= 0.3 is 0 Å². The summed E-state index contributed by atoms with van der Waals surface area (Å²) in [7, 11) is 0. The van der Waals surface area contributed by atoms with Crippen LogP contribution in [0.5, 0.6) is 0 Å². The summed E-state index contributed by atoms with van der Waals surface area (Å²) < 4.78 is 6.48. The molecule has 2 nitrogen and oxygen atoms in total. The van der Waals surface area contributed by atoms with Crippen molar-refractivity contribution in [3.8, 4) is 0 Å².